The van der Waals surface area contributed by atoms with Crippen LogP contribution in [-0.4, -0.2) is 46.6 Å². The predicted octanol–water partition coefficient (Wildman–Crippen LogP) is 2.20. The van der Waals surface area contributed by atoms with Crippen LogP contribution in [-0.2, 0) is 14.3 Å². The fourth-order valence-electron chi connectivity index (χ4n) is 3.03. The molecular formula is C19H16N4O4S. The maximum absolute atomic E-state index is 12.6. The molecule has 2 amide bonds. The number of rotatable bonds is 4. The van der Waals surface area contributed by atoms with Gasteiger partial charge in [-0.25, -0.2) is 9.78 Å². The molecule has 4 rings (SSSR count). The van der Waals surface area contributed by atoms with Gasteiger partial charge in [-0.2, -0.15) is 0 Å². The number of carbonyl (C=O) groups excluding carboxylic acids is 3. The number of thioether (sulfide) groups is 1. The lowest BCUT2D eigenvalue weighted by Gasteiger charge is -2.28. The lowest BCUT2D eigenvalue weighted by atomic mass is 10.2. The van der Waals surface area contributed by atoms with Crippen LogP contribution in [0.5, 0.6) is 0 Å². The molecule has 0 fully saturated rings. The van der Waals surface area contributed by atoms with Crippen molar-refractivity contribution >= 4 is 46.4 Å². The number of imidazole rings is 1. The van der Waals surface area contributed by atoms with E-state index in [0.29, 0.717) is 22.0 Å². The molecule has 0 bridgehead atoms. The summed E-state index contributed by atoms with van der Waals surface area (Å²) >= 11 is 1.40. The average molecular weight is 396 g/mol. The highest BCUT2D eigenvalue weighted by Gasteiger charge is 2.28. The highest BCUT2D eigenvalue weighted by Crippen LogP contribution is 2.29. The number of carbonyl (C=O) groups is 3. The molecule has 1 aliphatic rings. The van der Waals surface area contributed by atoms with E-state index in [2.05, 4.69) is 10.3 Å². The minimum Gasteiger partial charge on any atom is -0.451 e. The third-order valence-electron chi connectivity index (χ3n) is 4.29. The van der Waals surface area contributed by atoms with Crippen molar-refractivity contribution in [1.29, 1.82) is 0 Å². The number of ether oxygens (including phenoxy) is 1. The molecule has 9 heteroatoms. The highest BCUT2D eigenvalue weighted by atomic mass is 32.2. The van der Waals surface area contributed by atoms with Crippen molar-refractivity contribution in [3.8, 4) is 0 Å². The monoisotopic (exact) mass is 396 g/mol. The molecule has 0 radical (unpaired) electrons. The molecule has 3 heterocycles. The van der Waals surface area contributed by atoms with Crippen molar-refractivity contribution in [2.45, 2.75) is 5.16 Å². The van der Waals surface area contributed by atoms with E-state index in [1.54, 1.807) is 47.0 Å². The van der Waals surface area contributed by atoms with Crippen LogP contribution in [0.15, 0.2) is 53.8 Å². The van der Waals surface area contributed by atoms with Crippen LogP contribution >= 0.6 is 11.8 Å². The Hall–Kier alpha value is -3.33. The van der Waals surface area contributed by atoms with E-state index in [0.717, 1.165) is 0 Å². The molecule has 0 spiro atoms. The molecule has 0 saturated heterocycles. The third kappa shape index (κ3) is 3.20. The summed E-state index contributed by atoms with van der Waals surface area (Å²) in [5.41, 5.74) is 1.87. The quantitative estimate of drug-likeness (QED) is 0.537. The van der Waals surface area contributed by atoms with Gasteiger partial charge >= 0.3 is 5.97 Å². The first-order chi connectivity index (χ1) is 13.6. The second-order valence-corrected chi connectivity index (χ2v) is 6.80. The van der Waals surface area contributed by atoms with E-state index in [-0.39, 0.29) is 18.1 Å². The Bertz CT molecular complexity index is 1090. The molecule has 28 heavy (non-hydrogen) atoms. The summed E-state index contributed by atoms with van der Waals surface area (Å²) in [7, 11) is 0. The van der Waals surface area contributed by atoms with E-state index in [1.165, 1.54) is 16.7 Å². The Morgan fingerprint density at radius 1 is 1.21 bits per heavy atom. The Morgan fingerprint density at radius 2 is 2.00 bits per heavy atom. The van der Waals surface area contributed by atoms with Crippen molar-refractivity contribution in [2.24, 2.45) is 0 Å². The van der Waals surface area contributed by atoms with Gasteiger partial charge in [0.05, 0.1) is 16.9 Å². The number of hydrogen-bond donors (Lipinski definition) is 1. The number of benzene rings is 1. The van der Waals surface area contributed by atoms with E-state index in [1.807, 2.05) is 12.3 Å². The Morgan fingerprint density at radius 3 is 2.82 bits per heavy atom. The first-order valence-electron chi connectivity index (χ1n) is 8.46. The molecule has 8 nitrogen and oxygen atoms in total. The van der Waals surface area contributed by atoms with Gasteiger partial charge in [-0.15, -0.1) is 0 Å². The average Bonchev–Trinajstić information content (AvgIpc) is 3.10. The van der Waals surface area contributed by atoms with Gasteiger partial charge in [0.2, 0.25) is 5.91 Å². The molecule has 142 valence electrons. The van der Waals surface area contributed by atoms with Gasteiger partial charge in [-0.05, 0) is 30.5 Å². The number of nitrogens with one attached hydrogen (secondary N) is 1. The van der Waals surface area contributed by atoms with Crippen LogP contribution < -0.4 is 10.2 Å². The summed E-state index contributed by atoms with van der Waals surface area (Å²) in [5.74, 6) is -1.47. The zero-order valence-corrected chi connectivity index (χ0v) is 15.7. The fourth-order valence-corrected chi connectivity index (χ4v) is 3.57. The summed E-state index contributed by atoms with van der Waals surface area (Å²) in [6, 6.07) is 12.4. The largest absolute Gasteiger partial charge is 0.451 e. The van der Waals surface area contributed by atoms with Gasteiger partial charge in [-0.1, -0.05) is 30.0 Å². The maximum Gasteiger partial charge on any atom is 0.359 e. The van der Waals surface area contributed by atoms with Crippen molar-refractivity contribution in [3.05, 3.63) is 54.4 Å². The van der Waals surface area contributed by atoms with Crippen LogP contribution in [0.2, 0.25) is 0 Å². The number of fused-ring (bicyclic) bond motifs is 2. The van der Waals surface area contributed by atoms with Crippen molar-refractivity contribution in [3.63, 3.8) is 0 Å². The van der Waals surface area contributed by atoms with Crippen molar-refractivity contribution in [1.82, 2.24) is 9.38 Å². The number of esters is 1. The number of pyridine rings is 1. The first-order valence-corrected chi connectivity index (χ1v) is 9.68. The van der Waals surface area contributed by atoms with Gasteiger partial charge in [0, 0.05) is 6.20 Å². The summed E-state index contributed by atoms with van der Waals surface area (Å²) < 4.78 is 7.00. The molecule has 1 aliphatic heterocycles. The fraction of sp³-hybridized carbons (Fsp3) is 0.158. The zero-order chi connectivity index (χ0) is 19.7. The molecule has 2 aromatic heterocycles. The molecule has 1 aromatic carbocycles. The lowest BCUT2D eigenvalue weighted by molar-refractivity contribution is -0.124. The van der Waals surface area contributed by atoms with Crippen LogP contribution in [0.4, 0.5) is 11.4 Å². The molecule has 3 aromatic rings. The Kier molecular flexibility index (Phi) is 4.74. The minimum atomic E-state index is -0.688. The summed E-state index contributed by atoms with van der Waals surface area (Å²) in [6.07, 6.45) is 3.67. The minimum absolute atomic E-state index is 0.128. The Balaban J connectivity index is 1.52. The molecular weight excluding hydrogens is 380 g/mol. The highest BCUT2D eigenvalue weighted by molar-refractivity contribution is 7.98. The number of nitrogens with zero attached hydrogens (tertiary/aromatic N) is 3. The molecule has 0 saturated carbocycles. The van der Waals surface area contributed by atoms with Crippen LogP contribution in [0.1, 0.15) is 10.5 Å². The van der Waals surface area contributed by atoms with Gasteiger partial charge in [0.15, 0.2) is 17.5 Å². The number of aromatic nitrogens is 2. The van der Waals surface area contributed by atoms with Crippen LogP contribution in [0.3, 0.4) is 0 Å². The van der Waals surface area contributed by atoms with Gasteiger partial charge in [0.25, 0.3) is 5.91 Å². The lowest BCUT2D eigenvalue weighted by Crippen LogP contribution is -2.44. The topological polar surface area (TPSA) is 93.0 Å². The Labute approximate surface area is 164 Å². The first kappa shape index (κ1) is 18.1. The van der Waals surface area contributed by atoms with Crippen molar-refractivity contribution in [2.75, 3.05) is 29.6 Å². The summed E-state index contributed by atoms with van der Waals surface area (Å²) in [6.45, 7) is -0.613. The zero-order valence-electron chi connectivity index (χ0n) is 14.9. The van der Waals surface area contributed by atoms with E-state index < -0.39 is 18.5 Å². The smallest absolute Gasteiger partial charge is 0.359 e. The molecule has 0 atom stereocenters. The SMILES string of the molecule is CSc1nc(C(=O)OCC(=O)N2CC(=O)Nc3ccccc32)c2ccccn12. The van der Waals surface area contributed by atoms with Gasteiger partial charge in [-0.3, -0.25) is 18.9 Å². The predicted molar refractivity (Wildman–Crippen MR) is 105 cm³/mol. The molecule has 0 unspecified atom stereocenters. The summed E-state index contributed by atoms with van der Waals surface area (Å²) in [4.78, 5) is 42.6. The second kappa shape index (κ2) is 7.35. The van der Waals surface area contributed by atoms with Crippen LogP contribution in [0.25, 0.3) is 5.52 Å². The standard InChI is InChI=1S/C19H16N4O4S/c1-28-19-21-17(14-8-4-5-9-22(14)19)18(26)27-11-16(25)23-10-15(24)20-12-6-2-3-7-13(12)23/h2-9H,10-11H2,1H3,(H,20,24). The van der Waals surface area contributed by atoms with Gasteiger partial charge < -0.3 is 10.1 Å². The number of hydrogen-bond acceptors (Lipinski definition) is 6. The van der Waals surface area contributed by atoms with Crippen LogP contribution in [0, 0.1) is 0 Å². The van der Waals surface area contributed by atoms with Gasteiger partial charge in [0.1, 0.15) is 6.54 Å². The normalized spacial score (nSPS) is 13.2. The van der Waals surface area contributed by atoms with Crippen molar-refractivity contribution < 1.29 is 19.1 Å². The maximum atomic E-state index is 12.6. The van der Waals surface area contributed by atoms with E-state index in [4.69, 9.17) is 4.74 Å². The second-order valence-electron chi connectivity index (χ2n) is 6.02. The number of para-hydroxylation sites is 2. The van der Waals surface area contributed by atoms with E-state index in [9.17, 15) is 14.4 Å². The number of amides is 2. The number of anilines is 2. The summed E-state index contributed by atoms with van der Waals surface area (Å²) in [5, 5.41) is 3.36. The molecule has 1 N–H and O–H groups in total. The molecule has 0 aliphatic carbocycles. The third-order valence-corrected chi connectivity index (χ3v) is 4.94. The van der Waals surface area contributed by atoms with E-state index >= 15 is 0 Å².